The highest BCUT2D eigenvalue weighted by atomic mass is 79.9. The molecule has 0 fully saturated rings. The van der Waals surface area contributed by atoms with E-state index in [1.54, 1.807) is 12.1 Å². The van der Waals surface area contributed by atoms with E-state index >= 15 is 0 Å². The normalized spacial score (nSPS) is 10.9. The van der Waals surface area contributed by atoms with Crippen molar-refractivity contribution in [3.05, 3.63) is 33.8 Å². The van der Waals surface area contributed by atoms with Gasteiger partial charge in [0.15, 0.2) is 0 Å². The maximum absolute atomic E-state index is 10.9. The molecule has 0 amide bonds. The first kappa shape index (κ1) is 15.2. The lowest BCUT2D eigenvalue weighted by Crippen LogP contribution is -2.25. The summed E-state index contributed by atoms with van der Waals surface area (Å²) in [7, 11) is 0. The van der Waals surface area contributed by atoms with Crippen molar-refractivity contribution >= 4 is 21.9 Å². The molecule has 0 aromatic heterocycles. The van der Waals surface area contributed by atoms with E-state index in [0.717, 1.165) is 42.5 Å². The molecule has 0 heterocycles. The second-order valence-corrected chi connectivity index (χ2v) is 5.24. The smallest absolute Gasteiger partial charge is 0.335 e. The number of carboxylic acids is 1. The molecule has 1 aromatic carbocycles. The highest BCUT2D eigenvalue weighted by Gasteiger charge is 2.09. The average molecular weight is 314 g/mol. The Hall–Kier alpha value is -0.870. The van der Waals surface area contributed by atoms with E-state index in [1.807, 2.05) is 6.07 Å². The number of carbonyl (C=O) groups is 1. The van der Waals surface area contributed by atoms with E-state index in [9.17, 15) is 4.79 Å². The first-order chi connectivity index (χ1) is 8.58. The van der Waals surface area contributed by atoms with Gasteiger partial charge < -0.3 is 5.11 Å². The van der Waals surface area contributed by atoms with Gasteiger partial charge in [0.25, 0.3) is 0 Å². The first-order valence-corrected chi connectivity index (χ1v) is 7.11. The van der Waals surface area contributed by atoms with Crippen molar-refractivity contribution in [2.45, 2.75) is 33.2 Å². The molecule has 100 valence electrons. The lowest BCUT2D eigenvalue weighted by molar-refractivity contribution is 0.0697. The van der Waals surface area contributed by atoms with Crippen LogP contribution >= 0.6 is 15.9 Å². The summed E-state index contributed by atoms with van der Waals surface area (Å²) in [4.78, 5) is 13.2. The molecule has 18 heavy (non-hydrogen) atoms. The summed E-state index contributed by atoms with van der Waals surface area (Å²) >= 11 is 3.46. The molecule has 0 aliphatic heterocycles. The standard InChI is InChI=1S/C14H20BrNO2/c1-3-7-16(8-4-2)10-12-6-5-11(14(17)18)9-13(12)15/h5-6,9H,3-4,7-8,10H2,1-2H3,(H,17,18). The molecule has 0 saturated heterocycles. The number of rotatable bonds is 7. The van der Waals surface area contributed by atoms with Crippen molar-refractivity contribution in [1.82, 2.24) is 4.90 Å². The Kier molecular flexibility index (Phi) is 6.36. The van der Waals surface area contributed by atoms with Crippen LogP contribution in [0.5, 0.6) is 0 Å². The van der Waals surface area contributed by atoms with Gasteiger partial charge in [0.1, 0.15) is 0 Å². The van der Waals surface area contributed by atoms with Crippen LogP contribution in [0.2, 0.25) is 0 Å². The van der Waals surface area contributed by atoms with E-state index in [-0.39, 0.29) is 0 Å². The van der Waals surface area contributed by atoms with Gasteiger partial charge >= 0.3 is 5.97 Å². The van der Waals surface area contributed by atoms with Gasteiger partial charge in [-0.05, 0) is 43.6 Å². The van der Waals surface area contributed by atoms with Crippen molar-refractivity contribution < 1.29 is 9.90 Å². The third-order valence-electron chi connectivity index (χ3n) is 2.77. The van der Waals surface area contributed by atoms with Gasteiger partial charge in [0, 0.05) is 11.0 Å². The molecule has 1 N–H and O–H groups in total. The fourth-order valence-corrected chi connectivity index (χ4v) is 2.46. The number of benzene rings is 1. The molecule has 0 unspecified atom stereocenters. The minimum atomic E-state index is -0.888. The van der Waals surface area contributed by atoms with E-state index in [4.69, 9.17) is 5.11 Å². The molecular weight excluding hydrogens is 294 g/mol. The lowest BCUT2D eigenvalue weighted by atomic mass is 10.1. The first-order valence-electron chi connectivity index (χ1n) is 6.32. The average Bonchev–Trinajstić information content (AvgIpc) is 2.32. The minimum Gasteiger partial charge on any atom is -0.478 e. The Morgan fingerprint density at radius 2 is 1.89 bits per heavy atom. The van der Waals surface area contributed by atoms with Crippen LogP contribution in [0.15, 0.2) is 22.7 Å². The van der Waals surface area contributed by atoms with Gasteiger partial charge in [0.2, 0.25) is 0 Å². The molecule has 0 spiro atoms. The van der Waals surface area contributed by atoms with Crippen LogP contribution < -0.4 is 0 Å². The number of halogens is 1. The highest BCUT2D eigenvalue weighted by Crippen LogP contribution is 2.20. The zero-order valence-corrected chi connectivity index (χ0v) is 12.5. The number of nitrogens with zero attached hydrogens (tertiary/aromatic N) is 1. The third-order valence-corrected chi connectivity index (χ3v) is 3.51. The van der Waals surface area contributed by atoms with Crippen LogP contribution in [-0.4, -0.2) is 29.1 Å². The van der Waals surface area contributed by atoms with E-state index in [2.05, 4.69) is 34.7 Å². The van der Waals surface area contributed by atoms with Crippen molar-refractivity contribution in [2.75, 3.05) is 13.1 Å². The van der Waals surface area contributed by atoms with Gasteiger partial charge in [-0.3, -0.25) is 4.90 Å². The van der Waals surface area contributed by atoms with Crippen LogP contribution in [0.1, 0.15) is 42.6 Å². The van der Waals surface area contributed by atoms with Crippen LogP contribution in [0.3, 0.4) is 0 Å². The van der Waals surface area contributed by atoms with Crippen molar-refractivity contribution in [3.63, 3.8) is 0 Å². The second kappa shape index (κ2) is 7.54. The van der Waals surface area contributed by atoms with Crippen LogP contribution in [0.25, 0.3) is 0 Å². The Bertz CT molecular complexity index is 401. The van der Waals surface area contributed by atoms with Gasteiger partial charge in [-0.1, -0.05) is 35.8 Å². The van der Waals surface area contributed by atoms with Crippen molar-refractivity contribution in [1.29, 1.82) is 0 Å². The summed E-state index contributed by atoms with van der Waals surface area (Å²) in [6, 6.07) is 5.23. The number of aromatic carboxylic acids is 1. The summed E-state index contributed by atoms with van der Waals surface area (Å²) in [5, 5.41) is 8.92. The predicted molar refractivity (Wildman–Crippen MR) is 77.0 cm³/mol. The predicted octanol–water partition coefficient (Wildman–Crippen LogP) is 3.77. The molecule has 3 nitrogen and oxygen atoms in total. The van der Waals surface area contributed by atoms with Crippen LogP contribution in [-0.2, 0) is 6.54 Å². The number of hydrogen-bond donors (Lipinski definition) is 1. The SMILES string of the molecule is CCCN(CCC)Cc1ccc(C(=O)O)cc1Br. The molecule has 1 rings (SSSR count). The molecule has 0 radical (unpaired) electrons. The zero-order valence-electron chi connectivity index (χ0n) is 10.9. The summed E-state index contributed by atoms with van der Waals surface area (Å²) in [6.45, 7) is 7.35. The summed E-state index contributed by atoms with van der Waals surface area (Å²) in [6.07, 6.45) is 2.26. The molecule has 0 aliphatic carbocycles. The van der Waals surface area contributed by atoms with Gasteiger partial charge in [-0.15, -0.1) is 0 Å². The number of hydrogen-bond acceptors (Lipinski definition) is 2. The lowest BCUT2D eigenvalue weighted by Gasteiger charge is -2.21. The Balaban J connectivity index is 2.79. The summed E-state index contributed by atoms with van der Waals surface area (Å²) < 4.78 is 0.875. The Morgan fingerprint density at radius 3 is 2.33 bits per heavy atom. The van der Waals surface area contributed by atoms with Gasteiger partial charge in [0.05, 0.1) is 5.56 Å². The third kappa shape index (κ3) is 4.42. The molecule has 0 atom stereocenters. The van der Waals surface area contributed by atoms with Crippen molar-refractivity contribution in [2.24, 2.45) is 0 Å². The molecule has 1 aromatic rings. The summed E-state index contributed by atoms with van der Waals surface area (Å²) in [5.41, 5.74) is 1.46. The summed E-state index contributed by atoms with van der Waals surface area (Å²) in [5.74, 6) is -0.888. The second-order valence-electron chi connectivity index (χ2n) is 4.39. The zero-order chi connectivity index (χ0) is 13.5. The van der Waals surface area contributed by atoms with Gasteiger partial charge in [-0.2, -0.15) is 0 Å². The van der Waals surface area contributed by atoms with Crippen LogP contribution in [0.4, 0.5) is 0 Å². The largest absolute Gasteiger partial charge is 0.478 e. The maximum atomic E-state index is 10.9. The highest BCUT2D eigenvalue weighted by molar-refractivity contribution is 9.10. The quantitative estimate of drug-likeness (QED) is 0.833. The van der Waals surface area contributed by atoms with E-state index in [0.29, 0.717) is 5.56 Å². The Labute approximate surface area is 117 Å². The van der Waals surface area contributed by atoms with E-state index < -0.39 is 5.97 Å². The maximum Gasteiger partial charge on any atom is 0.335 e. The molecular formula is C14H20BrNO2. The minimum absolute atomic E-state index is 0.322. The molecule has 4 heteroatoms. The number of carboxylic acid groups (broad SMARTS) is 1. The van der Waals surface area contributed by atoms with Crippen molar-refractivity contribution in [3.8, 4) is 0 Å². The fraction of sp³-hybridized carbons (Fsp3) is 0.500. The molecule has 0 saturated carbocycles. The molecule has 0 aliphatic rings. The van der Waals surface area contributed by atoms with Crippen LogP contribution in [0, 0.1) is 0 Å². The Morgan fingerprint density at radius 1 is 1.28 bits per heavy atom. The van der Waals surface area contributed by atoms with E-state index in [1.165, 1.54) is 0 Å². The topological polar surface area (TPSA) is 40.5 Å². The monoisotopic (exact) mass is 313 g/mol. The molecule has 0 bridgehead atoms. The van der Waals surface area contributed by atoms with Gasteiger partial charge in [-0.25, -0.2) is 4.79 Å². The fourth-order valence-electron chi connectivity index (χ4n) is 1.95.